The van der Waals surface area contributed by atoms with Crippen LogP contribution in [0.4, 0.5) is 10.1 Å². The maximum Gasteiger partial charge on any atom is 0.271 e. The molecule has 2 aromatic carbocycles. The molecular formula is C15H12BrFN2O4S. The molecule has 24 heavy (non-hydrogen) atoms. The second kappa shape index (κ2) is 6.23. The number of sulfonamides is 1. The zero-order valence-corrected chi connectivity index (χ0v) is 14.7. The van der Waals surface area contributed by atoms with Crippen LogP contribution in [0.25, 0.3) is 0 Å². The molecule has 126 valence electrons. The van der Waals surface area contributed by atoms with Gasteiger partial charge in [0.1, 0.15) is 5.82 Å². The summed E-state index contributed by atoms with van der Waals surface area (Å²) in [5, 5.41) is 10.9. The van der Waals surface area contributed by atoms with Crippen LogP contribution in [0.2, 0.25) is 0 Å². The summed E-state index contributed by atoms with van der Waals surface area (Å²) in [6, 6.07) is 7.91. The predicted octanol–water partition coefficient (Wildman–Crippen LogP) is 3.24. The van der Waals surface area contributed by atoms with Gasteiger partial charge in [0.2, 0.25) is 10.0 Å². The topological polar surface area (TPSA) is 80.5 Å². The SMILES string of the molecule is O=[N+]([O-])c1cc(Br)cc(S(=O)(=O)N2CCc3ccc(F)cc3C2)c1. The fourth-order valence-electron chi connectivity index (χ4n) is 2.66. The average molecular weight is 415 g/mol. The Labute approximate surface area is 146 Å². The Balaban J connectivity index is 1.99. The first-order chi connectivity index (χ1) is 11.3. The molecule has 0 saturated carbocycles. The number of nitro benzene ring substituents is 1. The Morgan fingerprint density at radius 2 is 1.92 bits per heavy atom. The normalized spacial score (nSPS) is 15.1. The molecule has 0 spiro atoms. The number of fused-ring (bicyclic) bond motifs is 1. The zero-order valence-electron chi connectivity index (χ0n) is 12.3. The van der Waals surface area contributed by atoms with Gasteiger partial charge in [-0.1, -0.05) is 22.0 Å². The van der Waals surface area contributed by atoms with Crippen LogP contribution < -0.4 is 0 Å². The van der Waals surface area contributed by atoms with Gasteiger partial charge in [0.25, 0.3) is 5.69 Å². The molecule has 0 bridgehead atoms. The van der Waals surface area contributed by atoms with Crippen molar-refractivity contribution >= 4 is 31.6 Å². The highest BCUT2D eigenvalue weighted by Crippen LogP contribution is 2.29. The third kappa shape index (κ3) is 3.19. The van der Waals surface area contributed by atoms with Gasteiger partial charge >= 0.3 is 0 Å². The lowest BCUT2D eigenvalue weighted by molar-refractivity contribution is -0.385. The molecule has 3 rings (SSSR count). The summed E-state index contributed by atoms with van der Waals surface area (Å²) < 4.78 is 40.5. The minimum Gasteiger partial charge on any atom is -0.258 e. The van der Waals surface area contributed by atoms with Gasteiger partial charge < -0.3 is 0 Å². The van der Waals surface area contributed by atoms with E-state index in [0.717, 1.165) is 11.6 Å². The van der Waals surface area contributed by atoms with Crippen molar-refractivity contribution in [2.45, 2.75) is 17.9 Å². The number of rotatable bonds is 3. The first-order valence-corrected chi connectivity index (χ1v) is 9.23. The molecule has 1 aliphatic heterocycles. The van der Waals surface area contributed by atoms with E-state index in [9.17, 15) is 22.9 Å². The molecule has 1 heterocycles. The molecule has 0 aromatic heterocycles. The molecular weight excluding hydrogens is 403 g/mol. The summed E-state index contributed by atoms with van der Waals surface area (Å²) >= 11 is 3.10. The van der Waals surface area contributed by atoms with E-state index in [-0.39, 0.29) is 23.7 Å². The first-order valence-electron chi connectivity index (χ1n) is 7.00. The lowest BCUT2D eigenvalue weighted by Gasteiger charge is -2.28. The number of nitrogens with zero attached hydrogens (tertiary/aromatic N) is 2. The van der Waals surface area contributed by atoms with Crippen molar-refractivity contribution < 1.29 is 17.7 Å². The highest BCUT2D eigenvalue weighted by atomic mass is 79.9. The quantitative estimate of drug-likeness (QED) is 0.570. The molecule has 0 aliphatic carbocycles. The highest BCUT2D eigenvalue weighted by Gasteiger charge is 2.30. The zero-order chi connectivity index (χ0) is 17.5. The van der Waals surface area contributed by atoms with Crippen LogP contribution in [0.5, 0.6) is 0 Å². The molecule has 0 unspecified atom stereocenters. The number of nitro groups is 1. The van der Waals surface area contributed by atoms with E-state index in [4.69, 9.17) is 0 Å². The van der Waals surface area contributed by atoms with Crippen molar-refractivity contribution in [1.82, 2.24) is 4.31 Å². The van der Waals surface area contributed by atoms with Crippen LogP contribution >= 0.6 is 15.9 Å². The number of hydrogen-bond acceptors (Lipinski definition) is 4. The van der Waals surface area contributed by atoms with E-state index in [1.165, 1.54) is 28.6 Å². The maximum absolute atomic E-state index is 13.4. The van der Waals surface area contributed by atoms with E-state index < -0.39 is 20.8 Å². The van der Waals surface area contributed by atoms with Crippen LogP contribution in [0.3, 0.4) is 0 Å². The van der Waals surface area contributed by atoms with E-state index in [0.29, 0.717) is 16.5 Å². The standard InChI is InChI=1S/C15H12BrFN2O4S/c16-12-6-14(19(20)21)8-15(7-12)24(22,23)18-4-3-10-1-2-13(17)5-11(10)9-18/h1-2,5-8H,3-4,9H2. The lowest BCUT2D eigenvalue weighted by atomic mass is 10.0. The Morgan fingerprint density at radius 1 is 1.17 bits per heavy atom. The van der Waals surface area contributed by atoms with Gasteiger partial charge in [-0.2, -0.15) is 4.31 Å². The molecule has 0 saturated heterocycles. The van der Waals surface area contributed by atoms with Gasteiger partial charge in [-0.05, 0) is 35.7 Å². The molecule has 0 fully saturated rings. The van der Waals surface area contributed by atoms with E-state index in [1.807, 2.05) is 0 Å². The lowest BCUT2D eigenvalue weighted by Crippen LogP contribution is -2.36. The Morgan fingerprint density at radius 3 is 2.62 bits per heavy atom. The molecule has 0 atom stereocenters. The van der Waals surface area contributed by atoms with Gasteiger partial charge in [-0.15, -0.1) is 0 Å². The fraction of sp³-hybridized carbons (Fsp3) is 0.200. The summed E-state index contributed by atoms with van der Waals surface area (Å²) in [6.07, 6.45) is 0.463. The minimum absolute atomic E-state index is 0.0374. The van der Waals surface area contributed by atoms with Crippen LogP contribution in [0, 0.1) is 15.9 Å². The fourth-order valence-corrected chi connectivity index (χ4v) is 4.77. The van der Waals surface area contributed by atoms with Crippen LogP contribution in [0.1, 0.15) is 11.1 Å². The number of benzene rings is 2. The van der Waals surface area contributed by atoms with Gasteiger partial charge in [0.05, 0.1) is 9.82 Å². The molecule has 0 amide bonds. The number of non-ortho nitro benzene ring substituents is 1. The van der Waals surface area contributed by atoms with Crippen molar-refractivity contribution in [3.8, 4) is 0 Å². The van der Waals surface area contributed by atoms with Gasteiger partial charge in [0.15, 0.2) is 0 Å². The summed E-state index contributed by atoms with van der Waals surface area (Å²) in [4.78, 5) is 10.1. The monoisotopic (exact) mass is 414 g/mol. The maximum atomic E-state index is 13.4. The molecule has 1 aliphatic rings. The van der Waals surface area contributed by atoms with E-state index in [2.05, 4.69) is 15.9 Å². The van der Waals surface area contributed by atoms with Crippen molar-refractivity contribution in [3.05, 3.63) is 67.9 Å². The Kier molecular flexibility index (Phi) is 4.41. The summed E-state index contributed by atoms with van der Waals surface area (Å²) in [6.45, 7) is 0.275. The number of hydrogen-bond donors (Lipinski definition) is 0. The third-order valence-corrected chi connectivity index (χ3v) is 6.13. The minimum atomic E-state index is -3.92. The van der Waals surface area contributed by atoms with Gasteiger partial charge in [-0.3, -0.25) is 10.1 Å². The van der Waals surface area contributed by atoms with E-state index in [1.54, 1.807) is 6.07 Å². The van der Waals surface area contributed by atoms with Crippen LogP contribution in [-0.4, -0.2) is 24.2 Å². The molecule has 0 N–H and O–H groups in total. The van der Waals surface area contributed by atoms with Crippen molar-refractivity contribution in [2.75, 3.05) is 6.54 Å². The van der Waals surface area contributed by atoms with Crippen LogP contribution in [-0.2, 0) is 23.0 Å². The second-order valence-corrected chi connectivity index (χ2v) is 8.26. The molecule has 0 radical (unpaired) electrons. The molecule has 6 nitrogen and oxygen atoms in total. The first kappa shape index (κ1) is 17.0. The highest BCUT2D eigenvalue weighted by molar-refractivity contribution is 9.10. The van der Waals surface area contributed by atoms with Gasteiger partial charge in [0, 0.05) is 29.7 Å². The molecule has 9 heteroatoms. The third-order valence-electron chi connectivity index (χ3n) is 3.85. The van der Waals surface area contributed by atoms with Crippen molar-refractivity contribution in [3.63, 3.8) is 0 Å². The largest absolute Gasteiger partial charge is 0.271 e. The van der Waals surface area contributed by atoms with E-state index >= 15 is 0 Å². The summed E-state index contributed by atoms with van der Waals surface area (Å²) in [7, 11) is -3.92. The van der Waals surface area contributed by atoms with Gasteiger partial charge in [-0.25, -0.2) is 12.8 Å². The van der Waals surface area contributed by atoms with Crippen molar-refractivity contribution in [1.29, 1.82) is 0 Å². The second-order valence-electron chi connectivity index (χ2n) is 5.40. The summed E-state index contributed by atoms with van der Waals surface area (Å²) in [5.41, 5.74) is 1.20. The summed E-state index contributed by atoms with van der Waals surface area (Å²) in [5.74, 6) is -0.425. The van der Waals surface area contributed by atoms with Crippen LogP contribution in [0.15, 0.2) is 45.8 Å². The Bertz CT molecular complexity index is 933. The van der Waals surface area contributed by atoms with Crippen molar-refractivity contribution in [2.24, 2.45) is 0 Å². The smallest absolute Gasteiger partial charge is 0.258 e. The average Bonchev–Trinajstić information content (AvgIpc) is 2.53. The Hall–Kier alpha value is -1.84. The molecule has 2 aromatic rings. The predicted molar refractivity (Wildman–Crippen MR) is 88.5 cm³/mol. The number of halogens is 2.